The minimum Gasteiger partial charge on any atom is -0.372 e. The second-order valence-corrected chi connectivity index (χ2v) is 5.53. The van der Waals surface area contributed by atoms with Crippen LogP contribution in [0.1, 0.15) is 53.4 Å². The van der Waals surface area contributed by atoms with Crippen LogP contribution in [-0.4, -0.2) is 24.8 Å². The molecule has 2 unspecified atom stereocenters. The molecule has 1 heterocycles. The molecule has 0 bridgehead atoms. The highest BCUT2D eigenvalue weighted by atomic mass is 16.5. The molecule has 1 fully saturated rings. The lowest BCUT2D eigenvalue weighted by Crippen LogP contribution is -2.23. The Morgan fingerprint density at radius 3 is 2.73 bits per heavy atom. The minimum atomic E-state index is 0.134. The predicted molar refractivity (Wildman–Crippen MR) is 65.1 cm³/mol. The van der Waals surface area contributed by atoms with Crippen LogP contribution in [0, 0.1) is 5.92 Å². The van der Waals surface area contributed by atoms with Gasteiger partial charge in [-0.3, -0.25) is 0 Å². The molecule has 1 saturated heterocycles. The van der Waals surface area contributed by atoms with Gasteiger partial charge in [-0.05, 0) is 58.5 Å². The van der Waals surface area contributed by atoms with Crippen molar-refractivity contribution < 1.29 is 4.74 Å². The van der Waals surface area contributed by atoms with Gasteiger partial charge in [0.05, 0.1) is 11.7 Å². The van der Waals surface area contributed by atoms with E-state index in [1.165, 1.54) is 25.7 Å². The second kappa shape index (κ2) is 5.86. The van der Waals surface area contributed by atoms with Crippen LogP contribution in [-0.2, 0) is 4.74 Å². The van der Waals surface area contributed by atoms with Crippen molar-refractivity contribution in [1.29, 1.82) is 0 Å². The molecule has 2 nitrogen and oxygen atoms in total. The van der Waals surface area contributed by atoms with Gasteiger partial charge in [-0.1, -0.05) is 13.8 Å². The van der Waals surface area contributed by atoms with Crippen molar-refractivity contribution in [3.8, 4) is 0 Å². The Morgan fingerprint density at radius 2 is 2.20 bits per heavy atom. The van der Waals surface area contributed by atoms with Crippen molar-refractivity contribution >= 4 is 0 Å². The molecule has 0 radical (unpaired) electrons. The number of nitrogens with one attached hydrogen (secondary N) is 1. The van der Waals surface area contributed by atoms with Gasteiger partial charge in [0.1, 0.15) is 0 Å². The number of hydrogen-bond donors (Lipinski definition) is 1. The molecule has 0 aromatic heterocycles. The van der Waals surface area contributed by atoms with Crippen molar-refractivity contribution in [3.05, 3.63) is 0 Å². The first-order chi connectivity index (χ1) is 7.03. The molecular formula is C13H27NO. The fourth-order valence-corrected chi connectivity index (χ4v) is 2.24. The van der Waals surface area contributed by atoms with E-state index in [1.54, 1.807) is 0 Å². The fourth-order valence-electron chi connectivity index (χ4n) is 2.24. The highest BCUT2D eigenvalue weighted by Gasteiger charge is 2.31. The summed E-state index contributed by atoms with van der Waals surface area (Å²) < 4.78 is 5.98. The summed E-state index contributed by atoms with van der Waals surface area (Å²) in [5.74, 6) is 0.775. The lowest BCUT2D eigenvalue weighted by atomic mass is 10.00. The van der Waals surface area contributed by atoms with Crippen molar-refractivity contribution in [2.75, 3.05) is 13.1 Å². The maximum absolute atomic E-state index is 5.98. The van der Waals surface area contributed by atoms with Gasteiger partial charge in [-0.2, -0.15) is 0 Å². The predicted octanol–water partition coefficient (Wildman–Crippen LogP) is 2.97. The summed E-state index contributed by atoms with van der Waals surface area (Å²) in [7, 11) is 0. The molecule has 0 aromatic carbocycles. The zero-order chi connectivity index (χ0) is 11.3. The van der Waals surface area contributed by atoms with E-state index >= 15 is 0 Å². The average Bonchev–Trinajstić information content (AvgIpc) is 2.52. The molecular weight excluding hydrogens is 186 g/mol. The van der Waals surface area contributed by atoms with E-state index in [-0.39, 0.29) is 5.60 Å². The Balaban J connectivity index is 2.10. The smallest absolute Gasteiger partial charge is 0.0631 e. The van der Waals surface area contributed by atoms with Gasteiger partial charge >= 0.3 is 0 Å². The third-order valence-corrected chi connectivity index (χ3v) is 3.28. The normalized spacial score (nSPS) is 26.8. The van der Waals surface area contributed by atoms with E-state index in [1.807, 2.05) is 0 Å². The van der Waals surface area contributed by atoms with Gasteiger partial charge < -0.3 is 10.1 Å². The van der Waals surface area contributed by atoms with E-state index in [2.05, 4.69) is 33.0 Å². The zero-order valence-electron chi connectivity index (χ0n) is 10.8. The summed E-state index contributed by atoms with van der Waals surface area (Å²) >= 11 is 0. The molecule has 0 saturated carbocycles. The topological polar surface area (TPSA) is 21.3 Å². The molecule has 1 N–H and O–H groups in total. The Morgan fingerprint density at radius 1 is 1.47 bits per heavy atom. The summed E-state index contributed by atoms with van der Waals surface area (Å²) in [6, 6.07) is 0. The molecule has 1 aliphatic rings. The molecule has 1 rings (SSSR count). The zero-order valence-corrected chi connectivity index (χ0v) is 10.8. The summed E-state index contributed by atoms with van der Waals surface area (Å²) in [5.41, 5.74) is 0.134. The molecule has 0 amide bonds. The summed E-state index contributed by atoms with van der Waals surface area (Å²) in [4.78, 5) is 0. The Labute approximate surface area is 94.8 Å². The second-order valence-electron chi connectivity index (χ2n) is 5.53. The van der Waals surface area contributed by atoms with Crippen molar-refractivity contribution in [2.24, 2.45) is 5.92 Å². The quantitative estimate of drug-likeness (QED) is 0.732. The van der Waals surface area contributed by atoms with Crippen LogP contribution >= 0.6 is 0 Å². The molecule has 1 aliphatic heterocycles. The molecule has 2 heteroatoms. The van der Waals surface area contributed by atoms with Gasteiger partial charge in [0.15, 0.2) is 0 Å². The Bertz CT molecular complexity index is 179. The summed E-state index contributed by atoms with van der Waals surface area (Å²) in [6.07, 6.45) is 5.51. The highest BCUT2D eigenvalue weighted by Crippen LogP contribution is 2.32. The molecule has 0 aromatic rings. The first kappa shape index (κ1) is 13.0. The third kappa shape index (κ3) is 4.98. The van der Waals surface area contributed by atoms with E-state index in [4.69, 9.17) is 4.74 Å². The lowest BCUT2D eigenvalue weighted by molar-refractivity contribution is -0.0202. The first-order valence-electron chi connectivity index (χ1n) is 6.42. The van der Waals surface area contributed by atoms with Crippen molar-refractivity contribution in [2.45, 2.75) is 65.1 Å². The third-order valence-electron chi connectivity index (χ3n) is 3.28. The van der Waals surface area contributed by atoms with Crippen LogP contribution in [0.2, 0.25) is 0 Å². The maximum Gasteiger partial charge on any atom is 0.0631 e. The van der Waals surface area contributed by atoms with Crippen molar-refractivity contribution in [1.82, 2.24) is 5.32 Å². The Hall–Kier alpha value is -0.0800. The number of hydrogen-bond acceptors (Lipinski definition) is 2. The first-order valence-corrected chi connectivity index (χ1v) is 6.42. The summed E-state index contributed by atoms with van der Waals surface area (Å²) in [5, 5.41) is 3.40. The average molecular weight is 213 g/mol. The molecule has 2 atom stereocenters. The minimum absolute atomic E-state index is 0.134. The van der Waals surface area contributed by atoms with Crippen LogP contribution in [0.25, 0.3) is 0 Å². The van der Waals surface area contributed by atoms with Gasteiger partial charge in [-0.25, -0.2) is 0 Å². The lowest BCUT2D eigenvalue weighted by Gasteiger charge is -2.20. The summed E-state index contributed by atoms with van der Waals surface area (Å²) in [6.45, 7) is 11.1. The Kier molecular flexibility index (Phi) is 5.07. The fraction of sp³-hybridized carbons (Fsp3) is 1.00. The van der Waals surface area contributed by atoms with E-state index in [0.717, 1.165) is 19.0 Å². The standard InChI is InChI=1S/C13H27NO/c1-5-14-10-11(2)6-7-12-8-9-13(3,4)15-12/h11-12,14H,5-10H2,1-4H3. The van der Waals surface area contributed by atoms with Crippen LogP contribution < -0.4 is 5.32 Å². The monoisotopic (exact) mass is 213 g/mol. The van der Waals surface area contributed by atoms with Crippen LogP contribution in [0.5, 0.6) is 0 Å². The van der Waals surface area contributed by atoms with Gasteiger partial charge in [0.2, 0.25) is 0 Å². The van der Waals surface area contributed by atoms with E-state index in [0.29, 0.717) is 6.10 Å². The van der Waals surface area contributed by atoms with E-state index < -0.39 is 0 Å². The number of rotatable bonds is 6. The van der Waals surface area contributed by atoms with Gasteiger partial charge in [0.25, 0.3) is 0 Å². The molecule has 0 spiro atoms. The molecule has 90 valence electrons. The van der Waals surface area contributed by atoms with Crippen LogP contribution in [0.15, 0.2) is 0 Å². The van der Waals surface area contributed by atoms with E-state index in [9.17, 15) is 0 Å². The van der Waals surface area contributed by atoms with Crippen LogP contribution in [0.3, 0.4) is 0 Å². The highest BCUT2D eigenvalue weighted by molar-refractivity contribution is 4.81. The molecule has 15 heavy (non-hydrogen) atoms. The maximum atomic E-state index is 5.98. The van der Waals surface area contributed by atoms with Gasteiger partial charge in [-0.15, -0.1) is 0 Å². The van der Waals surface area contributed by atoms with Crippen molar-refractivity contribution in [3.63, 3.8) is 0 Å². The van der Waals surface area contributed by atoms with Gasteiger partial charge in [0, 0.05) is 0 Å². The van der Waals surface area contributed by atoms with Crippen LogP contribution in [0.4, 0.5) is 0 Å². The SMILES string of the molecule is CCNCC(C)CCC1CCC(C)(C)O1. The largest absolute Gasteiger partial charge is 0.372 e. The molecule has 0 aliphatic carbocycles. The number of ether oxygens (including phenoxy) is 1.